The smallest absolute Gasteiger partial charge is 0.264 e. The number of aryl methyl sites for hydroxylation is 1. The molecule has 1 amide bonds. The molecule has 0 aliphatic rings. The molecular weight excluding hydrogens is 466 g/mol. The van der Waals surface area contributed by atoms with Crippen LogP contribution < -0.4 is 9.73 Å². The molecule has 3 rings (SSSR count). The van der Waals surface area contributed by atoms with Gasteiger partial charge in [-0.3, -0.25) is 9.10 Å². The van der Waals surface area contributed by atoms with Gasteiger partial charge in [-0.1, -0.05) is 70.0 Å². The third-order valence-corrected chi connectivity index (χ3v) is 6.75. The molecule has 0 spiro atoms. The van der Waals surface area contributed by atoms with Crippen molar-refractivity contribution in [2.24, 2.45) is 5.10 Å². The molecule has 0 saturated heterocycles. The average Bonchev–Trinajstić information content (AvgIpc) is 2.75. The van der Waals surface area contributed by atoms with Crippen molar-refractivity contribution in [2.75, 3.05) is 10.8 Å². The van der Waals surface area contributed by atoms with Crippen molar-refractivity contribution in [3.05, 3.63) is 94.5 Å². The summed E-state index contributed by atoms with van der Waals surface area (Å²) in [7, 11) is -3.93. The van der Waals surface area contributed by atoms with E-state index >= 15 is 0 Å². The number of hydrogen-bond acceptors (Lipinski definition) is 4. The van der Waals surface area contributed by atoms with Crippen LogP contribution in [-0.2, 0) is 14.8 Å². The molecule has 0 aromatic heterocycles. The van der Waals surface area contributed by atoms with Crippen LogP contribution in [0.4, 0.5) is 5.69 Å². The highest BCUT2D eigenvalue weighted by atomic mass is 79.9. The monoisotopic (exact) mass is 485 g/mol. The van der Waals surface area contributed by atoms with Gasteiger partial charge in [0.1, 0.15) is 6.54 Å². The molecule has 154 valence electrons. The van der Waals surface area contributed by atoms with E-state index in [0.717, 1.165) is 19.9 Å². The largest absolute Gasteiger partial charge is 0.271 e. The summed E-state index contributed by atoms with van der Waals surface area (Å²) >= 11 is 3.40. The maximum atomic E-state index is 13.2. The molecule has 0 atom stereocenters. The maximum Gasteiger partial charge on any atom is 0.264 e. The average molecular weight is 486 g/mol. The van der Waals surface area contributed by atoms with Crippen LogP contribution in [0.5, 0.6) is 0 Å². The van der Waals surface area contributed by atoms with Crippen LogP contribution in [0.1, 0.15) is 11.1 Å². The van der Waals surface area contributed by atoms with E-state index in [1.807, 2.05) is 31.2 Å². The Morgan fingerprint density at radius 3 is 2.30 bits per heavy atom. The normalized spacial score (nSPS) is 11.4. The first-order valence-electron chi connectivity index (χ1n) is 9.09. The number of nitrogens with one attached hydrogen (secondary N) is 1. The van der Waals surface area contributed by atoms with Crippen LogP contribution in [0.2, 0.25) is 0 Å². The summed E-state index contributed by atoms with van der Waals surface area (Å²) < 4.78 is 28.3. The highest BCUT2D eigenvalue weighted by Gasteiger charge is 2.26. The third kappa shape index (κ3) is 5.34. The van der Waals surface area contributed by atoms with Crippen molar-refractivity contribution in [1.82, 2.24) is 5.43 Å². The fourth-order valence-corrected chi connectivity index (χ4v) is 4.49. The Hall–Kier alpha value is -2.97. The summed E-state index contributed by atoms with van der Waals surface area (Å²) in [5.41, 5.74) is 4.56. The van der Waals surface area contributed by atoms with Crippen molar-refractivity contribution in [1.29, 1.82) is 0 Å². The van der Waals surface area contributed by atoms with E-state index in [1.54, 1.807) is 42.5 Å². The highest BCUT2D eigenvalue weighted by Crippen LogP contribution is 2.23. The fourth-order valence-electron chi connectivity index (χ4n) is 2.67. The van der Waals surface area contributed by atoms with E-state index in [1.165, 1.54) is 18.3 Å². The first-order chi connectivity index (χ1) is 14.4. The predicted molar refractivity (Wildman–Crippen MR) is 122 cm³/mol. The molecule has 3 aromatic rings. The summed E-state index contributed by atoms with van der Waals surface area (Å²) in [6.45, 7) is 1.50. The second-order valence-corrected chi connectivity index (χ2v) is 9.19. The summed E-state index contributed by atoms with van der Waals surface area (Å²) in [4.78, 5) is 12.6. The molecule has 6 nitrogen and oxygen atoms in total. The molecule has 0 aliphatic carbocycles. The highest BCUT2D eigenvalue weighted by molar-refractivity contribution is 9.10. The topological polar surface area (TPSA) is 78.8 Å². The minimum atomic E-state index is -3.93. The molecule has 8 heteroatoms. The third-order valence-electron chi connectivity index (χ3n) is 4.24. The number of amides is 1. The predicted octanol–water partition coefficient (Wildman–Crippen LogP) is 4.10. The van der Waals surface area contributed by atoms with E-state index < -0.39 is 22.5 Å². The number of carbonyl (C=O) groups is 1. The minimum Gasteiger partial charge on any atom is -0.271 e. The number of benzene rings is 3. The SMILES string of the molecule is Cc1ccc(N(CC(=O)N/N=C\c2ccccc2Br)S(=O)(=O)c2ccccc2)cc1. The second-order valence-electron chi connectivity index (χ2n) is 6.47. The number of anilines is 1. The molecule has 3 aromatic carbocycles. The van der Waals surface area contributed by atoms with E-state index in [0.29, 0.717) is 5.69 Å². The Morgan fingerprint density at radius 2 is 1.63 bits per heavy atom. The van der Waals surface area contributed by atoms with Gasteiger partial charge in [0.15, 0.2) is 0 Å². The van der Waals surface area contributed by atoms with Gasteiger partial charge in [-0.2, -0.15) is 5.10 Å². The summed E-state index contributed by atoms with van der Waals surface area (Å²) in [6.07, 6.45) is 1.49. The minimum absolute atomic E-state index is 0.107. The van der Waals surface area contributed by atoms with Crippen molar-refractivity contribution in [2.45, 2.75) is 11.8 Å². The number of nitrogens with zero attached hydrogens (tertiary/aromatic N) is 2. The molecule has 0 unspecified atom stereocenters. The number of carbonyl (C=O) groups excluding carboxylic acids is 1. The van der Waals surface area contributed by atoms with Gasteiger partial charge in [0, 0.05) is 10.0 Å². The quantitative estimate of drug-likeness (QED) is 0.404. The van der Waals surface area contributed by atoms with Gasteiger partial charge >= 0.3 is 0 Å². The van der Waals surface area contributed by atoms with Gasteiger partial charge in [-0.05, 0) is 37.3 Å². The zero-order valence-corrected chi connectivity index (χ0v) is 18.6. The van der Waals surface area contributed by atoms with Crippen molar-refractivity contribution in [3.63, 3.8) is 0 Å². The lowest BCUT2D eigenvalue weighted by Gasteiger charge is -2.23. The lowest BCUT2D eigenvalue weighted by Crippen LogP contribution is -2.39. The van der Waals surface area contributed by atoms with Crippen molar-refractivity contribution >= 4 is 43.8 Å². The molecule has 0 aliphatic heterocycles. The van der Waals surface area contributed by atoms with Crippen LogP contribution in [0, 0.1) is 6.92 Å². The van der Waals surface area contributed by atoms with Crippen LogP contribution in [0.15, 0.2) is 93.3 Å². The first kappa shape index (κ1) is 21.7. The molecule has 1 N–H and O–H groups in total. The molecular formula is C22H20BrN3O3S. The number of hydrogen-bond donors (Lipinski definition) is 1. The van der Waals surface area contributed by atoms with Gasteiger partial charge in [0.25, 0.3) is 15.9 Å². The number of halogens is 1. The number of sulfonamides is 1. The van der Waals surface area contributed by atoms with Crippen LogP contribution in [-0.4, -0.2) is 27.1 Å². The first-order valence-corrected chi connectivity index (χ1v) is 11.3. The summed E-state index contributed by atoms with van der Waals surface area (Å²) in [5, 5.41) is 3.94. The molecule has 0 heterocycles. The second kappa shape index (κ2) is 9.69. The van der Waals surface area contributed by atoms with Crippen molar-refractivity contribution in [3.8, 4) is 0 Å². The maximum absolute atomic E-state index is 13.2. The van der Waals surface area contributed by atoms with Gasteiger partial charge in [0.05, 0.1) is 16.8 Å². The molecule has 0 bridgehead atoms. The molecule has 0 saturated carbocycles. The Kier molecular flexibility index (Phi) is 7.02. The van der Waals surface area contributed by atoms with Gasteiger partial charge in [0.2, 0.25) is 0 Å². The Balaban J connectivity index is 1.83. The number of hydrazone groups is 1. The van der Waals surface area contributed by atoms with Crippen LogP contribution in [0.3, 0.4) is 0 Å². The Morgan fingerprint density at radius 1 is 1.00 bits per heavy atom. The van der Waals surface area contributed by atoms with Gasteiger partial charge < -0.3 is 0 Å². The Labute approximate surface area is 184 Å². The standard InChI is InChI=1S/C22H20BrN3O3S/c1-17-11-13-19(14-12-17)26(30(28,29)20-8-3-2-4-9-20)16-22(27)25-24-15-18-7-5-6-10-21(18)23/h2-15H,16H2,1H3,(H,25,27)/b24-15-. The summed E-state index contributed by atoms with van der Waals surface area (Å²) in [6, 6.07) is 22.4. The summed E-state index contributed by atoms with van der Waals surface area (Å²) in [5.74, 6) is -0.557. The van der Waals surface area contributed by atoms with Crippen LogP contribution in [0.25, 0.3) is 0 Å². The lowest BCUT2D eigenvalue weighted by molar-refractivity contribution is -0.119. The molecule has 0 radical (unpaired) electrons. The zero-order valence-electron chi connectivity index (χ0n) is 16.2. The van der Waals surface area contributed by atoms with Gasteiger partial charge in [-0.15, -0.1) is 0 Å². The Bertz CT molecular complexity index is 1150. The zero-order chi connectivity index (χ0) is 21.6. The van der Waals surface area contributed by atoms with Crippen LogP contribution >= 0.6 is 15.9 Å². The fraction of sp³-hybridized carbons (Fsp3) is 0.0909. The van der Waals surface area contributed by atoms with Gasteiger partial charge in [-0.25, -0.2) is 13.8 Å². The molecule has 0 fully saturated rings. The van der Waals surface area contributed by atoms with Crippen molar-refractivity contribution < 1.29 is 13.2 Å². The van der Waals surface area contributed by atoms with E-state index in [9.17, 15) is 13.2 Å². The van der Waals surface area contributed by atoms with E-state index in [2.05, 4.69) is 26.5 Å². The molecule has 30 heavy (non-hydrogen) atoms. The van der Waals surface area contributed by atoms with E-state index in [4.69, 9.17) is 0 Å². The van der Waals surface area contributed by atoms with E-state index in [-0.39, 0.29) is 4.90 Å². The number of rotatable bonds is 7. The lowest BCUT2D eigenvalue weighted by atomic mass is 10.2.